The summed E-state index contributed by atoms with van der Waals surface area (Å²) in [7, 11) is 0. The van der Waals surface area contributed by atoms with Crippen molar-refractivity contribution in [3.8, 4) is 0 Å². The minimum Gasteiger partial charge on any atom is -0.550 e. The molecule has 0 unspecified atom stereocenters. The Labute approximate surface area is 96.2 Å². The van der Waals surface area contributed by atoms with E-state index in [1.54, 1.807) is 0 Å². The van der Waals surface area contributed by atoms with Gasteiger partial charge in [0.05, 0.1) is 0 Å². The third-order valence-electron chi connectivity index (χ3n) is 1.46. The molecule has 0 amide bonds. The van der Waals surface area contributed by atoms with Crippen LogP contribution in [0, 0.1) is 0 Å². The van der Waals surface area contributed by atoms with E-state index in [0.717, 1.165) is 13.0 Å². The second kappa shape index (κ2) is 11.4. The van der Waals surface area contributed by atoms with Crippen molar-refractivity contribution in [2.24, 2.45) is 0 Å². The van der Waals surface area contributed by atoms with Crippen LogP contribution >= 0.6 is 0 Å². The minimum absolute atomic E-state index is 0. The predicted molar refractivity (Wildman–Crippen MR) is 42.0 cm³/mol. The van der Waals surface area contributed by atoms with Gasteiger partial charge in [0.1, 0.15) is 0 Å². The summed E-state index contributed by atoms with van der Waals surface area (Å²) in [4.78, 5) is 9.94. The molecule has 0 fully saturated rings. The zero-order valence-electron chi connectivity index (χ0n) is 8.06. The topological polar surface area (TPSA) is 52.2 Å². The van der Waals surface area contributed by atoms with Gasteiger partial charge >= 0.3 is 29.6 Å². The molecule has 0 saturated heterocycles. The number of nitrogens with one attached hydrogen (secondary N) is 1. The summed E-state index contributed by atoms with van der Waals surface area (Å²) in [6.45, 7) is 3.59. The molecule has 0 rings (SSSR count). The number of carbonyl (C=O) groups excluding carboxylic acids is 1. The van der Waals surface area contributed by atoms with E-state index in [2.05, 4.69) is 12.2 Å². The van der Waals surface area contributed by atoms with Crippen LogP contribution < -0.4 is 40.0 Å². The van der Waals surface area contributed by atoms with E-state index in [4.69, 9.17) is 0 Å². The van der Waals surface area contributed by atoms with Crippen molar-refractivity contribution in [2.75, 3.05) is 13.1 Å². The van der Waals surface area contributed by atoms with Crippen molar-refractivity contribution in [1.29, 1.82) is 0 Å². The number of hydrogen-bond donors (Lipinski definition) is 1. The molecule has 66 valence electrons. The first-order valence-corrected chi connectivity index (χ1v) is 4.18. The van der Waals surface area contributed by atoms with Crippen molar-refractivity contribution in [1.82, 2.24) is 5.32 Å². The fourth-order valence-electron chi connectivity index (χ4n) is 0.815. The van der Waals surface area contributed by atoms with Crippen LogP contribution in [0.25, 0.3) is 0 Å². The van der Waals surface area contributed by atoms with Crippen LogP contribution in [-0.2, 0) is 4.79 Å². The van der Waals surface area contributed by atoms with Crippen LogP contribution in [0.15, 0.2) is 0 Å². The van der Waals surface area contributed by atoms with E-state index in [9.17, 15) is 9.90 Å². The Morgan fingerprint density at radius 2 is 2.00 bits per heavy atom. The van der Waals surface area contributed by atoms with Crippen molar-refractivity contribution in [2.45, 2.75) is 32.6 Å². The summed E-state index contributed by atoms with van der Waals surface area (Å²) in [6.07, 6.45) is 3.65. The SMILES string of the molecule is CCCCCNCCC(=O)[O-].[Na+]. The Balaban J connectivity index is 0. The number of unbranched alkanes of at least 4 members (excludes halogenated alkanes) is 2. The first-order valence-electron chi connectivity index (χ1n) is 4.18. The van der Waals surface area contributed by atoms with E-state index >= 15 is 0 Å². The molecule has 0 bridgehead atoms. The van der Waals surface area contributed by atoms with E-state index in [-0.39, 0.29) is 36.0 Å². The maximum Gasteiger partial charge on any atom is 1.00 e. The molecule has 12 heavy (non-hydrogen) atoms. The fraction of sp³-hybridized carbons (Fsp3) is 0.875. The van der Waals surface area contributed by atoms with E-state index in [1.807, 2.05) is 0 Å². The van der Waals surface area contributed by atoms with Gasteiger partial charge in [0.25, 0.3) is 0 Å². The van der Waals surface area contributed by atoms with Gasteiger partial charge in [0.15, 0.2) is 0 Å². The van der Waals surface area contributed by atoms with Crippen molar-refractivity contribution in [3.05, 3.63) is 0 Å². The molecule has 0 radical (unpaired) electrons. The van der Waals surface area contributed by atoms with Gasteiger partial charge in [-0.1, -0.05) is 19.8 Å². The molecule has 0 aliphatic carbocycles. The van der Waals surface area contributed by atoms with Gasteiger partial charge in [-0.15, -0.1) is 0 Å². The Bertz CT molecular complexity index is 109. The van der Waals surface area contributed by atoms with Gasteiger partial charge in [0, 0.05) is 12.5 Å². The molecule has 0 aliphatic heterocycles. The number of aliphatic carboxylic acids is 1. The molecule has 0 heterocycles. The third-order valence-corrected chi connectivity index (χ3v) is 1.46. The predicted octanol–water partition coefficient (Wildman–Crippen LogP) is -3.09. The number of carboxylic acids is 1. The summed E-state index contributed by atoms with van der Waals surface area (Å²) in [6, 6.07) is 0. The molecule has 0 saturated carbocycles. The third kappa shape index (κ3) is 13.1. The Morgan fingerprint density at radius 1 is 1.33 bits per heavy atom. The van der Waals surface area contributed by atoms with E-state index in [0.29, 0.717) is 6.54 Å². The molecule has 1 N–H and O–H groups in total. The number of rotatable bonds is 7. The van der Waals surface area contributed by atoms with Gasteiger partial charge in [-0.3, -0.25) is 0 Å². The summed E-state index contributed by atoms with van der Waals surface area (Å²) in [5.74, 6) is -0.979. The molecule has 4 heteroatoms. The maximum absolute atomic E-state index is 9.94. The average molecular weight is 181 g/mol. The second-order valence-corrected chi connectivity index (χ2v) is 2.58. The average Bonchev–Trinajstić information content (AvgIpc) is 1.96. The van der Waals surface area contributed by atoms with Gasteiger partial charge < -0.3 is 15.2 Å². The van der Waals surface area contributed by atoms with Crippen LogP contribution in [0.4, 0.5) is 0 Å². The molecular formula is C8H16NNaO2. The van der Waals surface area contributed by atoms with Crippen LogP contribution in [0.3, 0.4) is 0 Å². The molecule has 0 atom stereocenters. The van der Waals surface area contributed by atoms with Crippen molar-refractivity contribution >= 4 is 5.97 Å². The minimum atomic E-state index is -0.979. The van der Waals surface area contributed by atoms with Gasteiger partial charge in [0.2, 0.25) is 0 Å². The molecule has 3 nitrogen and oxygen atoms in total. The fourth-order valence-corrected chi connectivity index (χ4v) is 0.815. The molecular weight excluding hydrogens is 165 g/mol. The van der Waals surface area contributed by atoms with Gasteiger partial charge in [-0.2, -0.15) is 0 Å². The number of carbonyl (C=O) groups is 1. The quantitative estimate of drug-likeness (QED) is 0.334. The molecule has 0 aromatic heterocycles. The zero-order chi connectivity index (χ0) is 8.53. The van der Waals surface area contributed by atoms with E-state index in [1.165, 1.54) is 12.8 Å². The summed E-state index contributed by atoms with van der Waals surface area (Å²) >= 11 is 0. The summed E-state index contributed by atoms with van der Waals surface area (Å²) in [5, 5.41) is 13.0. The monoisotopic (exact) mass is 181 g/mol. The van der Waals surface area contributed by atoms with Gasteiger partial charge in [-0.25, -0.2) is 0 Å². The van der Waals surface area contributed by atoms with Crippen LogP contribution in [0.1, 0.15) is 32.6 Å². The first-order chi connectivity index (χ1) is 5.27. The molecule has 0 aromatic rings. The Morgan fingerprint density at radius 3 is 2.50 bits per heavy atom. The largest absolute Gasteiger partial charge is 1.00 e. The summed E-state index contributed by atoms with van der Waals surface area (Å²) < 4.78 is 0. The number of hydrogen-bond acceptors (Lipinski definition) is 3. The zero-order valence-corrected chi connectivity index (χ0v) is 10.1. The van der Waals surface area contributed by atoms with Crippen molar-refractivity contribution < 1.29 is 39.5 Å². The van der Waals surface area contributed by atoms with Crippen LogP contribution in [-0.4, -0.2) is 19.1 Å². The van der Waals surface area contributed by atoms with Crippen molar-refractivity contribution in [3.63, 3.8) is 0 Å². The normalized spacial score (nSPS) is 9.08. The second-order valence-electron chi connectivity index (χ2n) is 2.58. The van der Waals surface area contributed by atoms with E-state index < -0.39 is 5.97 Å². The summed E-state index contributed by atoms with van der Waals surface area (Å²) in [5.41, 5.74) is 0. The Hall–Kier alpha value is 0.430. The first kappa shape index (κ1) is 14.9. The number of carboxylic acid groups (broad SMARTS) is 1. The molecule has 0 aromatic carbocycles. The molecule has 0 spiro atoms. The standard InChI is InChI=1S/C8H17NO2.Na/c1-2-3-4-6-9-7-5-8(10)11;/h9H,2-7H2,1H3,(H,10,11);/q;+1/p-1. The van der Waals surface area contributed by atoms with Gasteiger partial charge in [-0.05, 0) is 19.4 Å². The Kier molecular flexibility index (Phi) is 14.2. The molecule has 0 aliphatic rings. The van der Waals surface area contributed by atoms with Crippen LogP contribution in [0.5, 0.6) is 0 Å². The maximum atomic E-state index is 9.94. The smallest absolute Gasteiger partial charge is 0.550 e. The van der Waals surface area contributed by atoms with Crippen LogP contribution in [0.2, 0.25) is 0 Å².